The SMILES string of the molecule is CCCCCCCCCCCCCCCC(=O)OCCOC(=O)CCCCCCCCCCCCC. The minimum atomic E-state index is -0.168. The Balaban J connectivity index is 3.27. The highest BCUT2D eigenvalue weighted by Gasteiger charge is 2.06. The van der Waals surface area contributed by atoms with Crippen molar-refractivity contribution in [2.45, 2.75) is 181 Å². The highest BCUT2D eigenvalue weighted by Crippen LogP contribution is 2.14. The van der Waals surface area contributed by atoms with Gasteiger partial charge in [-0.15, -0.1) is 0 Å². The van der Waals surface area contributed by atoms with Crippen molar-refractivity contribution in [1.29, 1.82) is 0 Å². The highest BCUT2D eigenvalue weighted by molar-refractivity contribution is 5.70. The van der Waals surface area contributed by atoms with Gasteiger partial charge in [-0.1, -0.05) is 155 Å². The monoisotopic (exact) mass is 510 g/mol. The molecule has 0 heterocycles. The number of hydrogen-bond acceptors (Lipinski definition) is 4. The molecule has 0 radical (unpaired) electrons. The summed E-state index contributed by atoms with van der Waals surface area (Å²) in [5.74, 6) is -0.335. The Morgan fingerprint density at radius 2 is 0.583 bits per heavy atom. The lowest BCUT2D eigenvalue weighted by Gasteiger charge is -2.07. The number of unbranched alkanes of at least 4 members (excludes halogenated alkanes) is 22. The van der Waals surface area contributed by atoms with E-state index in [-0.39, 0.29) is 25.2 Å². The Morgan fingerprint density at radius 1 is 0.361 bits per heavy atom. The molecule has 36 heavy (non-hydrogen) atoms. The molecule has 0 saturated heterocycles. The van der Waals surface area contributed by atoms with E-state index in [9.17, 15) is 9.59 Å². The van der Waals surface area contributed by atoms with Crippen molar-refractivity contribution in [1.82, 2.24) is 0 Å². The topological polar surface area (TPSA) is 52.6 Å². The number of carbonyl (C=O) groups is 2. The van der Waals surface area contributed by atoms with Crippen LogP contribution in [0.1, 0.15) is 181 Å². The zero-order chi connectivity index (χ0) is 26.4. The summed E-state index contributed by atoms with van der Waals surface area (Å²) in [5.41, 5.74) is 0. The predicted octanol–water partition coefficient (Wildman–Crippen LogP) is 10.3. The van der Waals surface area contributed by atoms with E-state index >= 15 is 0 Å². The Bertz CT molecular complexity index is 463. The Labute approximate surface area is 225 Å². The zero-order valence-electron chi connectivity index (χ0n) is 24.4. The third-order valence-corrected chi connectivity index (χ3v) is 7.08. The van der Waals surface area contributed by atoms with Crippen LogP contribution < -0.4 is 0 Å². The van der Waals surface area contributed by atoms with Gasteiger partial charge in [0.2, 0.25) is 0 Å². The summed E-state index contributed by atoms with van der Waals surface area (Å²) < 4.78 is 10.4. The molecule has 4 nitrogen and oxygen atoms in total. The first kappa shape index (κ1) is 34.9. The van der Waals surface area contributed by atoms with Crippen LogP contribution in [-0.4, -0.2) is 25.2 Å². The smallest absolute Gasteiger partial charge is 0.305 e. The second kappa shape index (κ2) is 30.2. The summed E-state index contributed by atoms with van der Waals surface area (Å²) in [7, 11) is 0. The molecule has 0 bridgehead atoms. The molecule has 214 valence electrons. The first-order valence-corrected chi connectivity index (χ1v) is 16.0. The van der Waals surface area contributed by atoms with Gasteiger partial charge in [0.1, 0.15) is 13.2 Å². The van der Waals surface area contributed by atoms with Crippen LogP contribution in [0.4, 0.5) is 0 Å². The maximum absolute atomic E-state index is 11.8. The number of rotatable bonds is 29. The minimum Gasteiger partial charge on any atom is -0.462 e. The highest BCUT2D eigenvalue weighted by atomic mass is 16.6. The van der Waals surface area contributed by atoms with Crippen molar-refractivity contribution in [3.05, 3.63) is 0 Å². The van der Waals surface area contributed by atoms with Crippen LogP contribution in [0, 0.1) is 0 Å². The van der Waals surface area contributed by atoms with Crippen molar-refractivity contribution < 1.29 is 19.1 Å². The second-order valence-electron chi connectivity index (χ2n) is 10.7. The van der Waals surface area contributed by atoms with Gasteiger partial charge in [0, 0.05) is 12.8 Å². The summed E-state index contributed by atoms with van der Waals surface area (Å²) in [6, 6.07) is 0. The van der Waals surface area contributed by atoms with Gasteiger partial charge in [-0.05, 0) is 12.8 Å². The lowest BCUT2D eigenvalue weighted by Crippen LogP contribution is -2.13. The molecule has 0 unspecified atom stereocenters. The van der Waals surface area contributed by atoms with E-state index in [0.717, 1.165) is 25.7 Å². The molecule has 0 N–H and O–H groups in total. The average molecular weight is 511 g/mol. The van der Waals surface area contributed by atoms with E-state index in [2.05, 4.69) is 13.8 Å². The fourth-order valence-electron chi connectivity index (χ4n) is 4.68. The lowest BCUT2D eigenvalue weighted by molar-refractivity contribution is -0.152. The Morgan fingerprint density at radius 3 is 0.833 bits per heavy atom. The molecule has 0 aliphatic heterocycles. The van der Waals surface area contributed by atoms with E-state index < -0.39 is 0 Å². The number of ether oxygens (including phenoxy) is 2. The van der Waals surface area contributed by atoms with Gasteiger partial charge in [-0.25, -0.2) is 0 Å². The molecule has 0 aromatic rings. The van der Waals surface area contributed by atoms with E-state index in [1.165, 1.54) is 128 Å². The first-order valence-electron chi connectivity index (χ1n) is 16.0. The Hall–Kier alpha value is -1.06. The van der Waals surface area contributed by atoms with Crippen molar-refractivity contribution in [2.24, 2.45) is 0 Å². The van der Waals surface area contributed by atoms with Crippen LogP contribution in [0.3, 0.4) is 0 Å². The van der Waals surface area contributed by atoms with E-state index in [0.29, 0.717) is 12.8 Å². The molecule has 4 heteroatoms. The molecular weight excluding hydrogens is 448 g/mol. The van der Waals surface area contributed by atoms with Gasteiger partial charge < -0.3 is 9.47 Å². The number of carbonyl (C=O) groups excluding carboxylic acids is 2. The molecule has 0 aromatic heterocycles. The Kier molecular flexibility index (Phi) is 29.3. The first-order chi connectivity index (χ1) is 17.7. The van der Waals surface area contributed by atoms with Crippen LogP contribution in [-0.2, 0) is 19.1 Å². The maximum Gasteiger partial charge on any atom is 0.305 e. The van der Waals surface area contributed by atoms with E-state index in [1.807, 2.05) is 0 Å². The summed E-state index contributed by atoms with van der Waals surface area (Å²) in [6.45, 7) is 4.89. The molecule has 0 atom stereocenters. The van der Waals surface area contributed by atoms with Crippen LogP contribution in [0.2, 0.25) is 0 Å². The molecule has 0 aliphatic carbocycles. The fraction of sp³-hybridized carbons (Fsp3) is 0.938. The van der Waals surface area contributed by atoms with Crippen LogP contribution in [0.15, 0.2) is 0 Å². The minimum absolute atomic E-state index is 0.167. The van der Waals surface area contributed by atoms with Crippen molar-refractivity contribution in [3.8, 4) is 0 Å². The molecule has 0 spiro atoms. The maximum atomic E-state index is 11.8. The summed E-state index contributed by atoms with van der Waals surface area (Å²) in [6.07, 6.45) is 31.8. The molecule has 0 rings (SSSR count). The largest absolute Gasteiger partial charge is 0.462 e. The average Bonchev–Trinajstić information content (AvgIpc) is 2.88. The van der Waals surface area contributed by atoms with E-state index in [4.69, 9.17) is 9.47 Å². The van der Waals surface area contributed by atoms with Crippen molar-refractivity contribution in [2.75, 3.05) is 13.2 Å². The zero-order valence-corrected chi connectivity index (χ0v) is 24.4. The van der Waals surface area contributed by atoms with Gasteiger partial charge in [0.15, 0.2) is 0 Å². The third-order valence-electron chi connectivity index (χ3n) is 7.08. The second-order valence-corrected chi connectivity index (χ2v) is 10.7. The van der Waals surface area contributed by atoms with Gasteiger partial charge in [0.25, 0.3) is 0 Å². The molecule has 0 amide bonds. The van der Waals surface area contributed by atoms with Crippen molar-refractivity contribution >= 4 is 11.9 Å². The number of hydrogen-bond donors (Lipinski definition) is 0. The fourth-order valence-corrected chi connectivity index (χ4v) is 4.68. The molecular formula is C32H62O4. The predicted molar refractivity (Wildman–Crippen MR) is 153 cm³/mol. The van der Waals surface area contributed by atoms with Crippen molar-refractivity contribution in [3.63, 3.8) is 0 Å². The molecule has 0 aromatic carbocycles. The standard InChI is InChI=1S/C32H62O4/c1-3-5-7-9-11-13-15-16-18-20-22-24-26-28-32(34)36-30-29-35-31(33)27-25-23-21-19-17-14-12-10-8-6-4-2/h3-30H2,1-2H3. The van der Waals surface area contributed by atoms with Crippen LogP contribution >= 0.6 is 0 Å². The van der Waals surface area contributed by atoms with Crippen LogP contribution in [0.5, 0.6) is 0 Å². The third kappa shape index (κ3) is 29.2. The quantitative estimate of drug-likeness (QED) is 0.0741. The molecule has 0 fully saturated rings. The summed E-state index contributed by atoms with van der Waals surface area (Å²) in [5, 5.41) is 0. The van der Waals surface area contributed by atoms with Gasteiger partial charge in [-0.3, -0.25) is 9.59 Å². The van der Waals surface area contributed by atoms with Crippen LogP contribution in [0.25, 0.3) is 0 Å². The normalized spacial score (nSPS) is 11.1. The van der Waals surface area contributed by atoms with Gasteiger partial charge >= 0.3 is 11.9 Å². The summed E-state index contributed by atoms with van der Waals surface area (Å²) in [4.78, 5) is 23.6. The molecule has 0 saturated carbocycles. The molecule has 0 aliphatic rings. The lowest BCUT2D eigenvalue weighted by atomic mass is 10.0. The van der Waals surface area contributed by atoms with Gasteiger partial charge in [-0.2, -0.15) is 0 Å². The van der Waals surface area contributed by atoms with Gasteiger partial charge in [0.05, 0.1) is 0 Å². The van der Waals surface area contributed by atoms with E-state index in [1.54, 1.807) is 0 Å². The number of esters is 2. The summed E-state index contributed by atoms with van der Waals surface area (Å²) >= 11 is 0.